The zero-order chi connectivity index (χ0) is 17.9. The molecule has 3 aromatic carbocycles. The number of fused-ring (bicyclic) bond motifs is 3. The van der Waals surface area contributed by atoms with Gasteiger partial charge in [-0.1, -0.05) is 54.6 Å². The number of nitrogens with one attached hydrogen (secondary N) is 1. The Morgan fingerprint density at radius 3 is 2.54 bits per heavy atom. The molecule has 4 aromatic rings. The number of nitrogens with zero attached hydrogens (tertiary/aromatic N) is 2. The molecule has 0 atom stereocenters. The average Bonchev–Trinajstić information content (AvgIpc) is 2.95. The fourth-order valence-electron chi connectivity index (χ4n) is 3.27. The molecule has 0 spiro atoms. The second kappa shape index (κ2) is 6.84. The molecule has 0 aliphatic heterocycles. The van der Waals surface area contributed by atoms with E-state index in [0.29, 0.717) is 6.42 Å². The number of carbonyl (C=O) groups excluding carboxylic acids is 1. The number of aryl methyl sites for hydroxylation is 1. The minimum Gasteiger partial charge on any atom is -0.344 e. The number of amides is 1. The van der Waals surface area contributed by atoms with Gasteiger partial charge in [0, 0.05) is 28.9 Å². The highest BCUT2D eigenvalue weighted by Crippen LogP contribution is 2.28. The van der Waals surface area contributed by atoms with Gasteiger partial charge in [-0.15, -0.1) is 0 Å². The van der Waals surface area contributed by atoms with Gasteiger partial charge in [0.25, 0.3) is 0 Å². The van der Waals surface area contributed by atoms with E-state index in [1.54, 1.807) is 6.21 Å². The van der Waals surface area contributed by atoms with Gasteiger partial charge in [-0.3, -0.25) is 4.79 Å². The minimum absolute atomic E-state index is 0.126. The van der Waals surface area contributed by atoms with Crippen molar-refractivity contribution >= 4 is 33.9 Å². The van der Waals surface area contributed by atoms with E-state index in [-0.39, 0.29) is 5.91 Å². The van der Waals surface area contributed by atoms with E-state index in [4.69, 9.17) is 0 Å². The lowest BCUT2D eigenvalue weighted by Crippen LogP contribution is -2.19. The quantitative estimate of drug-likeness (QED) is 0.442. The fourth-order valence-corrected chi connectivity index (χ4v) is 3.27. The lowest BCUT2D eigenvalue weighted by molar-refractivity contribution is -0.120. The molecule has 0 fully saturated rings. The first kappa shape index (κ1) is 16.1. The van der Waals surface area contributed by atoms with Crippen LogP contribution in [0.15, 0.2) is 77.9 Å². The van der Waals surface area contributed by atoms with Crippen molar-refractivity contribution in [2.45, 2.75) is 6.42 Å². The zero-order valence-electron chi connectivity index (χ0n) is 14.5. The normalized spacial score (nSPS) is 11.4. The van der Waals surface area contributed by atoms with E-state index in [9.17, 15) is 4.79 Å². The average molecular weight is 341 g/mol. The Bertz CT molecular complexity index is 1110. The van der Waals surface area contributed by atoms with Crippen LogP contribution in [0.2, 0.25) is 0 Å². The molecule has 0 saturated heterocycles. The van der Waals surface area contributed by atoms with Crippen molar-refractivity contribution in [2.24, 2.45) is 12.1 Å². The van der Waals surface area contributed by atoms with Gasteiger partial charge >= 0.3 is 0 Å². The molecule has 4 heteroatoms. The number of para-hydroxylation sites is 1. The Balaban J connectivity index is 1.53. The van der Waals surface area contributed by atoms with Gasteiger partial charge in [-0.05, 0) is 29.3 Å². The summed E-state index contributed by atoms with van der Waals surface area (Å²) in [5.74, 6) is -0.126. The van der Waals surface area contributed by atoms with Crippen LogP contribution in [0.4, 0.5) is 0 Å². The molecular formula is C22H19N3O. The van der Waals surface area contributed by atoms with Gasteiger partial charge in [-0.2, -0.15) is 5.10 Å². The molecule has 4 rings (SSSR count). The SMILES string of the molecule is Cn1c2ccccc2c2cc(/C=N\NC(=O)Cc3ccccc3)ccc21. The summed E-state index contributed by atoms with van der Waals surface area (Å²) in [6.45, 7) is 0. The van der Waals surface area contributed by atoms with Crippen molar-refractivity contribution in [3.63, 3.8) is 0 Å². The van der Waals surface area contributed by atoms with Gasteiger partial charge < -0.3 is 4.57 Å². The zero-order valence-corrected chi connectivity index (χ0v) is 14.5. The fraction of sp³-hybridized carbons (Fsp3) is 0.0909. The number of rotatable bonds is 4. The Morgan fingerprint density at radius 1 is 0.962 bits per heavy atom. The van der Waals surface area contributed by atoms with Crippen molar-refractivity contribution in [3.8, 4) is 0 Å². The number of hydrogen-bond acceptors (Lipinski definition) is 2. The van der Waals surface area contributed by atoms with Crippen LogP contribution in [0.25, 0.3) is 21.8 Å². The topological polar surface area (TPSA) is 46.4 Å². The summed E-state index contributed by atoms with van der Waals surface area (Å²) >= 11 is 0. The van der Waals surface area contributed by atoms with Gasteiger partial charge in [-0.25, -0.2) is 5.43 Å². The third kappa shape index (κ3) is 3.09. The number of benzene rings is 3. The van der Waals surface area contributed by atoms with Crippen LogP contribution in [0.3, 0.4) is 0 Å². The van der Waals surface area contributed by atoms with E-state index in [0.717, 1.165) is 11.1 Å². The van der Waals surface area contributed by atoms with Gasteiger partial charge in [0.2, 0.25) is 5.91 Å². The van der Waals surface area contributed by atoms with Crippen molar-refractivity contribution in [1.82, 2.24) is 9.99 Å². The van der Waals surface area contributed by atoms with Gasteiger partial charge in [0.05, 0.1) is 12.6 Å². The molecule has 128 valence electrons. The van der Waals surface area contributed by atoms with Crippen LogP contribution in [0, 0.1) is 0 Å². The highest BCUT2D eigenvalue weighted by molar-refractivity contribution is 6.09. The predicted octanol–water partition coefficient (Wildman–Crippen LogP) is 4.02. The summed E-state index contributed by atoms with van der Waals surface area (Å²) in [5.41, 5.74) is 6.90. The summed E-state index contributed by atoms with van der Waals surface area (Å²) in [6.07, 6.45) is 2.00. The monoisotopic (exact) mass is 341 g/mol. The molecule has 26 heavy (non-hydrogen) atoms. The molecule has 0 saturated carbocycles. The van der Waals surface area contributed by atoms with E-state index in [1.807, 2.05) is 48.5 Å². The molecule has 0 unspecified atom stereocenters. The molecule has 0 bridgehead atoms. The summed E-state index contributed by atoms with van der Waals surface area (Å²) in [4.78, 5) is 12.0. The first-order valence-electron chi connectivity index (χ1n) is 8.55. The molecule has 1 amide bonds. The number of carbonyl (C=O) groups is 1. The van der Waals surface area contributed by atoms with Crippen molar-refractivity contribution in [3.05, 3.63) is 83.9 Å². The Hall–Kier alpha value is -3.40. The number of hydrogen-bond donors (Lipinski definition) is 1. The molecule has 1 N–H and O–H groups in total. The third-order valence-electron chi connectivity index (χ3n) is 4.55. The van der Waals surface area contributed by atoms with Crippen LogP contribution in [0.1, 0.15) is 11.1 Å². The maximum absolute atomic E-state index is 12.0. The third-order valence-corrected chi connectivity index (χ3v) is 4.55. The summed E-state index contributed by atoms with van der Waals surface area (Å²) < 4.78 is 2.19. The molecule has 1 aromatic heterocycles. The Morgan fingerprint density at radius 2 is 1.69 bits per heavy atom. The van der Waals surface area contributed by atoms with E-state index < -0.39 is 0 Å². The highest BCUT2D eigenvalue weighted by Gasteiger charge is 2.07. The van der Waals surface area contributed by atoms with Crippen molar-refractivity contribution < 1.29 is 4.79 Å². The summed E-state index contributed by atoms with van der Waals surface area (Å²) in [5, 5.41) is 6.50. The first-order valence-corrected chi connectivity index (χ1v) is 8.55. The maximum Gasteiger partial charge on any atom is 0.244 e. The Kier molecular flexibility index (Phi) is 4.23. The first-order chi connectivity index (χ1) is 12.7. The van der Waals surface area contributed by atoms with E-state index in [2.05, 4.69) is 46.4 Å². The molecule has 4 nitrogen and oxygen atoms in total. The molecule has 0 aliphatic rings. The van der Waals surface area contributed by atoms with Crippen LogP contribution in [0.5, 0.6) is 0 Å². The molecular weight excluding hydrogens is 322 g/mol. The predicted molar refractivity (Wildman–Crippen MR) is 106 cm³/mol. The number of aromatic nitrogens is 1. The van der Waals surface area contributed by atoms with Crippen LogP contribution in [-0.4, -0.2) is 16.7 Å². The largest absolute Gasteiger partial charge is 0.344 e. The van der Waals surface area contributed by atoms with E-state index >= 15 is 0 Å². The van der Waals surface area contributed by atoms with Gasteiger partial charge in [0.15, 0.2) is 0 Å². The Labute approximate surface area is 151 Å². The van der Waals surface area contributed by atoms with Crippen LogP contribution in [-0.2, 0) is 18.3 Å². The lowest BCUT2D eigenvalue weighted by atomic mass is 10.1. The van der Waals surface area contributed by atoms with E-state index in [1.165, 1.54) is 21.8 Å². The van der Waals surface area contributed by atoms with Gasteiger partial charge in [0.1, 0.15) is 0 Å². The summed E-state index contributed by atoms with van der Waals surface area (Å²) in [7, 11) is 2.07. The van der Waals surface area contributed by atoms with Crippen molar-refractivity contribution in [2.75, 3.05) is 0 Å². The second-order valence-corrected chi connectivity index (χ2v) is 6.31. The molecule has 0 aliphatic carbocycles. The summed E-state index contributed by atoms with van der Waals surface area (Å²) in [6, 6.07) is 24.2. The molecule has 0 radical (unpaired) electrons. The second-order valence-electron chi connectivity index (χ2n) is 6.31. The number of hydrazone groups is 1. The standard InChI is InChI=1S/C22H19N3O/c1-25-20-10-6-5-9-18(20)19-13-17(11-12-21(19)25)15-23-24-22(26)14-16-7-3-2-4-8-16/h2-13,15H,14H2,1H3,(H,24,26)/b23-15-. The highest BCUT2D eigenvalue weighted by atomic mass is 16.2. The van der Waals surface area contributed by atoms with Crippen LogP contribution < -0.4 is 5.43 Å². The van der Waals surface area contributed by atoms with Crippen molar-refractivity contribution in [1.29, 1.82) is 0 Å². The maximum atomic E-state index is 12.0. The molecule has 1 heterocycles. The smallest absolute Gasteiger partial charge is 0.244 e. The lowest BCUT2D eigenvalue weighted by Gasteiger charge is -2.00. The minimum atomic E-state index is -0.126. The van der Waals surface area contributed by atoms with Crippen LogP contribution >= 0.6 is 0 Å².